The molecule has 4 rings (SSSR count). The maximum atomic E-state index is 11.2. The molecule has 3 N–H and O–H groups in total. The fraction of sp³-hybridized carbons (Fsp3) is 0. The van der Waals surface area contributed by atoms with E-state index in [0.29, 0.717) is 46.0 Å². The van der Waals surface area contributed by atoms with E-state index in [0.717, 1.165) is 0 Å². The van der Waals surface area contributed by atoms with Crippen LogP contribution in [-0.4, -0.2) is 31.6 Å². The minimum absolute atomic E-state index is 0.0343. The summed E-state index contributed by atoms with van der Waals surface area (Å²) in [7, 11) is 0. The van der Waals surface area contributed by atoms with Crippen molar-refractivity contribution in [3.8, 4) is 5.75 Å². The number of carbonyl (C=O) groups excluding carboxylic acids is 1. The summed E-state index contributed by atoms with van der Waals surface area (Å²) < 4.78 is 4.54. The van der Waals surface area contributed by atoms with Gasteiger partial charge in [-0.1, -0.05) is 17.2 Å². The Kier molecular flexibility index (Phi) is 7.47. The number of phenols is 1. The molecule has 0 radical (unpaired) electrons. The number of fused-ring (bicyclic) bond motifs is 1. The molecule has 3 aromatic carbocycles. The molecule has 4 aromatic rings. The number of nitrogens with one attached hydrogen (secondary N) is 1. The first kappa shape index (κ1) is 23.8. The van der Waals surface area contributed by atoms with Crippen LogP contribution in [0.2, 0.25) is 10.6 Å². The van der Waals surface area contributed by atoms with E-state index in [9.17, 15) is 9.90 Å². The summed E-state index contributed by atoms with van der Waals surface area (Å²) in [5.41, 5.74) is 1.22. The standard InChI is InChI=1S/C20H12Cl2N6O5S/c21-18-24-19(22)26-20(25-18)23-12-5-6-13-11(7-12)8-15(34-33-32-31)16(17(13)30)28-27-14-4-2-1-3-10(14)9-29/h1-9,30-31H,(H,23,24,25,26). The number of halogens is 2. The van der Waals surface area contributed by atoms with Gasteiger partial charge in [0.2, 0.25) is 16.5 Å². The number of carbonyl (C=O) groups is 1. The number of aldehydes is 1. The minimum Gasteiger partial charge on any atom is -0.505 e. The van der Waals surface area contributed by atoms with Crippen LogP contribution in [0.1, 0.15) is 10.4 Å². The van der Waals surface area contributed by atoms with Crippen LogP contribution >= 0.6 is 35.2 Å². The first-order valence-corrected chi connectivity index (χ1v) is 10.7. The summed E-state index contributed by atoms with van der Waals surface area (Å²) in [5, 5.41) is 35.1. The van der Waals surface area contributed by atoms with Crippen LogP contribution in [0.15, 0.2) is 63.7 Å². The van der Waals surface area contributed by atoms with Crippen LogP contribution in [-0.2, 0) is 9.37 Å². The Balaban J connectivity index is 1.75. The lowest BCUT2D eigenvalue weighted by Crippen LogP contribution is -1.99. The number of azo groups is 1. The number of hydrogen-bond donors (Lipinski definition) is 3. The molecule has 14 heteroatoms. The highest BCUT2D eigenvalue weighted by Crippen LogP contribution is 2.44. The monoisotopic (exact) mass is 518 g/mol. The molecule has 0 saturated carbocycles. The number of aromatic nitrogens is 3. The summed E-state index contributed by atoms with van der Waals surface area (Å²) in [4.78, 5) is 23.1. The highest BCUT2D eigenvalue weighted by atomic mass is 35.5. The largest absolute Gasteiger partial charge is 0.505 e. The average Bonchev–Trinajstić information content (AvgIpc) is 2.81. The van der Waals surface area contributed by atoms with Gasteiger partial charge in [-0.25, -0.2) is 5.26 Å². The fourth-order valence-electron chi connectivity index (χ4n) is 2.93. The highest BCUT2D eigenvalue weighted by molar-refractivity contribution is 7.94. The molecule has 0 fully saturated rings. The van der Waals surface area contributed by atoms with Crippen LogP contribution in [0, 0.1) is 0 Å². The Morgan fingerprint density at radius 3 is 2.53 bits per heavy atom. The Hall–Kier alpha value is -3.39. The van der Waals surface area contributed by atoms with Crippen molar-refractivity contribution in [3.63, 3.8) is 0 Å². The summed E-state index contributed by atoms with van der Waals surface area (Å²) in [6.45, 7) is 0. The Bertz CT molecular complexity index is 1390. The third-order valence-corrected chi connectivity index (χ3v) is 5.32. The van der Waals surface area contributed by atoms with Crippen molar-refractivity contribution >= 4 is 75.3 Å². The summed E-state index contributed by atoms with van der Waals surface area (Å²) in [6, 6.07) is 13.2. The third-order valence-electron chi connectivity index (χ3n) is 4.36. The number of nitrogens with zero attached hydrogens (tertiary/aromatic N) is 5. The van der Waals surface area contributed by atoms with E-state index in [2.05, 4.69) is 39.9 Å². The molecular formula is C20H12Cl2N6O5S. The second-order valence-electron chi connectivity index (χ2n) is 6.43. The summed E-state index contributed by atoms with van der Waals surface area (Å²) in [6.07, 6.45) is 0.647. The Morgan fingerprint density at radius 1 is 1.03 bits per heavy atom. The van der Waals surface area contributed by atoms with Gasteiger partial charge >= 0.3 is 0 Å². The van der Waals surface area contributed by atoms with Gasteiger partial charge in [-0.2, -0.15) is 15.0 Å². The van der Waals surface area contributed by atoms with E-state index in [1.807, 2.05) is 0 Å². The lowest BCUT2D eigenvalue weighted by atomic mass is 10.1. The number of aromatic hydroxyl groups is 1. The second kappa shape index (κ2) is 10.7. The van der Waals surface area contributed by atoms with Gasteiger partial charge in [0, 0.05) is 16.6 Å². The van der Waals surface area contributed by atoms with E-state index in [1.54, 1.807) is 48.5 Å². The number of hydrogen-bond acceptors (Lipinski definition) is 12. The lowest BCUT2D eigenvalue weighted by molar-refractivity contribution is -0.432. The topological polar surface area (TPSA) is 151 Å². The first-order chi connectivity index (χ1) is 16.5. The van der Waals surface area contributed by atoms with Gasteiger partial charge in [-0.15, -0.1) is 14.6 Å². The number of benzene rings is 3. The molecule has 0 aliphatic heterocycles. The minimum atomic E-state index is -0.216. The molecule has 0 aliphatic rings. The average molecular weight is 519 g/mol. The maximum Gasteiger partial charge on any atom is 0.232 e. The first-order valence-electron chi connectivity index (χ1n) is 9.23. The fourth-order valence-corrected chi connectivity index (χ4v) is 3.79. The van der Waals surface area contributed by atoms with E-state index in [1.165, 1.54) is 0 Å². The number of phenolic OH excluding ortho intramolecular Hbond substituents is 1. The predicted molar refractivity (Wildman–Crippen MR) is 125 cm³/mol. The van der Waals surface area contributed by atoms with E-state index >= 15 is 0 Å². The third kappa shape index (κ3) is 5.39. The highest BCUT2D eigenvalue weighted by Gasteiger charge is 2.16. The van der Waals surface area contributed by atoms with Crippen LogP contribution in [0.25, 0.3) is 10.8 Å². The van der Waals surface area contributed by atoms with Crippen molar-refractivity contribution in [1.29, 1.82) is 0 Å². The van der Waals surface area contributed by atoms with Gasteiger partial charge in [-0.3, -0.25) is 4.79 Å². The molecule has 0 amide bonds. The van der Waals surface area contributed by atoms with E-state index in [4.69, 9.17) is 28.5 Å². The zero-order valence-electron chi connectivity index (χ0n) is 16.7. The quantitative estimate of drug-likeness (QED) is 0.0780. The molecule has 0 spiro atoms. The number of rotatable bonds is 8. The molecule has 0 atom stereocenters. The van der Waals surface area contributed by atoms with Gasteiger partial charge < -0.3 is 10.4 Å². The lowest BCUT2D eigenvalue weighted by Gasteiger charge is -2.11. The van der Waals surface area contributed by atoms with Gasteiger partial charge in [0.05, 0.1) is 22.6 Å². The van der Waals surface area contributed by atoms with E-state index in [-0.39, 0.29) is 32.8 Å². The van der Waals surface area contributed by atoms with Gasteiger partial charge in [-0.05, 0) is 65.0 Å². The molecule has 0 saturated heterocycles. The second-order valence-corrected chi connectivity index (χ2v) is 7.85. The maximum absolute atomic E-state index is 11.2. The van der Waals surface area contributed by atoms with Crippen molar-refractivity contribution in [2.45, 2.75) is 4.90 Å². The van der Waals surface area contributed by atoms with Crippen LogP contribution in [0.5, 0.6) is 5.75 Å². The zero-order chi connectivity index (χ0) is 24.1. The summed E-state index contributed by atoms with van der Waals surface area (Å²) in [5.74, 6) is -0.0916. The normalized spacial score (nSPS) is 11.3. The Labute approximate surface area is 205 Å². The smallest absolute Gasteiger partial charge is 0.232 e. The summed E-state index contributed by atoms with van der Waals surface area (Å²) >= 11 is 12.2. The molecule has 34 heavy (non-hydrogen) atoms. The van der Waals surface area contributed by atoms with Gasteiger partial charge in [0.25, 0.3) is 0 Å². The molecule has 0 bridgehead atoms. The van der Waals surface area contributed by atoms with Crippen molar-refractivity contribution in [3.05, 3.63) is 64.7 Å². The Morgan fingerprint density at radius 2 is 1.79 bits per heavy atom. The molecule has 1 aromatic heterocycles. The van der Waals surface area contributed by atoms with Crippen molar-refractivity contribution in [2.75, 3.05) is 5.32 Å². The zero-order valence-corrected chi connectivity index (χ0v) is 19.0. The van der Waals surface area contributed by atoms with Crippen LogP contribution < -0.4 is 5.32 Å². The van der Waals surface area contributed by atoms with Crippen molar-refractivity contribution in [1.82, 2.24) is 15.0 Å². The van der Waals surface area contributed by atoms with Crippen LogP contribution in [0.4, 0.5) is 23.0 Å². The van der Waals surface area contributed by atoms with Gasteiger partial charge in [0.1, 0.15) is 5.69 Å². The van der Waals surface area contributed by atoms with Gasteiger partial charge in [0.15, 0.2) is 12.0 Å². The number of anilines is 2. The predicted octanol–water partition coefficient (Wildman–Crippen LogP) is 6.44. The molecule has 172 valence electrons. The van der Waals surface area contributed by atoms with Crippen molar-refractivity contribution in [2.24, 2.45) is 10.2 Å². The SMILES string of the molecule is O=Cc1ccccc1N=Nc1c(SOOO)cc2cc(Nc3nc(Cl)nc(Cl)n3)ccc2c1O. The molecule has 0 unspecified atom stereocenters. The van der Waals surface area contributed by atoms with Crippen molar-refractivity contribution < 1.29 is 24.5 Å². The molecule has 11 nitrogen and oxygen atoms in total. The van der Waals surface area contributed by atoms with Crippen LogP contribution in [0.3, 0.4) is 0 Å². The molecule has 0 aliphatic carbocycles. The van der Waals surface area contributed by atoms with E-state index < -0.39 is 0 Å². The molecular weight excluding hydrogens is 507 g/mol. The molecule has 1 heterocycles.